The smallest absolute Gasteiger partial charge is 0.118 e. The van der Waals surface area contributed by atoms with Crippen molar-refractivity contribution < 1.29 is 4.74 Å². The van der Waals surface area contributed by atoms with E-state index in [4.69, 9.17) is 10.5 Å². The fourth-order valence-corrected chi connectivity index (χ4v) is 2.67. The highest BCUT2D eigenvalue weighted by Crippen LogP contribution is 2.27. The van der Waals surface area contributed by atoms with Gasteiger partial charge >= 0.3 is 0 Å². The average molecular weight is 239 g/mol. The third kappa shape index (κ3) is 4.90. The van der Waals surface area contributed by atoms with Gasteiger partial charge in [0.05, 0.1) is 12.5 Å². The number of hydrogen-bond donors (Lipinski definition) is 1. The number of nitrogens with two attached hydrogens (primary N) is 1. The zero-order valence-electron chi connectivity index (χ0n) is 10.5. The van der Waals surface area contributed by atoms with Crippen molar-refractivity contribution in [1.82, 2.24) is 0 Å². The third-order valence-electron chi connectivity index (χ3n) is 2.10. The predicted molar refractivity (Wildman–Crippen MR) is 72.0 cm³/mol. The van der Waals surface area contributed by atoms with Gasteiger partial charge < -0.3 is 10.5 Å². The van der Waals surface area contributed by atoms with Crippen LogP contribution in [0, 0.1) is 0 Å². The van der Waals surface area contributed by atoms with Crippen LogP contribution in [0.25, 0.3) is 0 Å². The van der Waals surface area contributed by atoms with Crippen LogP contribution in [0.5, 0.6) is 5.75 Å². The van der Waals surface area contributed by atoms with Gasteiger partial charge in [0, 0.05) is 4.75 Å². The van der Waals surface area contributed by atoms with Gasteiger partial charge in [-0.05, 0) is 24.1 Å². The molecular formula is C13H21NOS. The lowest BCUT2D eigenvalue weighted by Gasteiger charge is -2.22. The molecular weight excluding hydrogens is 218 g/mol. The van der Waals surface area contributed by atoms with E-state index in [1.165, 1.54) is 5.56 Å². The van der Waals surface area contributed by atoms with Crippen LogP contribution in [0.15, 0.2) is 24.3 Å². The summed E-state index contributed by atoms with van der Waals surface area (Å²) in [5.74, 6) is 0.890. The Morgan fingerprint density at radius 1 is 1.25 bits per heavy atom. The molecule has 16 heavy (non-hydrogen) atoms. The van der Waals surface area contributed by atoms with Crippen LogP contribution in [-0.2, 0) is 6.42 Å². The van der Waals surface area contributed by atoms with Gasteiger partial charge in [-0.15, -0.1) is 11.8 Å². The molecule has 2 N–H and O–H groups in total. The van der Waals surface area contributed by atoms with Crippen molar-refractivity contribution >= 4 is 11.8 Å². The molecule has 0 saturated carbocycles. The summed E-state index contributed by atoms with van der Waals surface area (Å²) in [6, 6.07) is 8.09. The number of thioether (sulfide) groups is 1. The quantitative estimate of drug-likeness (QED) is 0.820. The summed E-state index contributed by atoms with van der Waals surface area (Å²) < 4.78 is 5.33. The van der Waals surface area contributed by atoms with Crippen molar-refractivity contribution in [2.75, 3.05) is 7.11 Å². The Morgan fingerprint density at radius 2 is 1.81 bits per heavy atom. The molecule has 3 heteroatoms. The van der Waals surface area contributed by atoms with E-state index in [1.807, 2.05) is 23.9 Å². The number of rotatable bonds is 4. The van der Waals surface area contributed by atoms with Crippen molar-refractivity contribution in [2.24, 2.45) is 5.73 Å². The van der Waals surface area contributed by atoms with Crippen LogP contribution < -0.4 is 10.5 Å². The van der Waals surface area contributed by atoms with Gasteiger partial charge in [0.25, 0.3) is 0 Å². The Balaban J connectivity index is 2.53. The largest absolute Gasteiger partial charge is 0.497 e. The second-order valence-corrected chi connectivity index (χ2v) is 6.89. The first kappa shape index (κ1) is 13.4. The zero-order valence-corrected chi connectivity index (χ0v) is 11.3. The van der Waals surface area contributed by atoms with Crippen molar-refractivity contribution in [1.29, 1.82) is 0 Å². The van der Waals surface area contributed by atoms with E-state index in [9.17, 15) is 0 Å². The van der Waals surface area contributed by atoms with Gasteiger partial charge in [-0.2, -0.15) is 0 Å². The predicted octanol–water partition coefficient (Wildman–Crippen LogP) is 3.05. The molecule has 0 aromatic heterocycles. The van der Waals surface area contributed by atoms with Gasteiger partial charge in [0.2, 0.25) is 0 Å². The Morgan fingerprint density at radius 3 is 2.25 bits per heavy atom. The Hall–Kier alpha value is -0.670. The lowest BCUT2D eigenvalue weighted by Crippen LogP contribution is -2.25. The average Bonchev–Trinajstić information content (AvgIpc) is 2.16. The summed E-state index contributed by atoms with van der Waals surface area (Å²) in [5, 5.41) is 0.147. The maximum Gasteiger partial charge on any atom is 0.118 e. The van der Waals surface area contributed by atoms with Crippen molar-refractivity contribution in [3.05, 3.63) is 29.8 Å². The van der Waals surface area contributed by atoms with E-state index < -0.39 is 0 Å². The van der Waals surface area contributed by atoms with Crippen LogP contribution in [0.4, 0.5) is 0 Å². The van der Waals surface area contributed by atoms with E-state index in [1.54, 1.807) is 7.11 Å². The van der Waals surface area contributed by atoms with E-state index in [0.29, 0.717) is 0 Å². The highest BCUT2D eigenvalue weighted by atomic mass is 32.2. The van der Waals surface area contributed by atoms with Gasteiger partial charge in [-0.1, -0.05) is 32.9 Å². The van der Waals surface area contributed by atoms with Gasteiger partial charge in [-0.3, -0.25) is 0 Å². The highest BCUT2D eigenvalue weighted by Gasteiger charge is 2.16. The summed E-state index contributed by atoms with van der Waals surface area (Å²) in [7, 11) is 1.68. The van der Waals surface area contributed by atoms with Crippen molar-refractivity contribution in [2.45, 2.75) is 37.3 Å². The third-order valence-corrected chi connectivity index (χ3v) is 3.28. The van der Waals surface area contributed by atoms with Crippen LogP contribution in [-0.4, -0.2) is 17.2 Å². The summed E-state index contributed by atoms with van der Waals surface area (Å²) in [6.45, 7) is 6.56. The molecule has 0 aliphatic rings. The molecule has 0 fully saturated rings. The van der Waals surface area contributed by atoms with E-state index >= 15 is 0 Å². The Labute approximate surface area is 103 Å². The van der Waals surface area contributed by atoms with Gasteiger partial charge in [0.15, 0.2) is 0 Å². The van der Waals surface area contributed by atoms with Crippen LogP contribution in [0.3, 0.4) is 0 Å². The molecule has 0 saturated heterocycles. The molecule has 90 valence electrons. The standard InChI is InChI=1S/C13H21NOS/c1-13(2,3)16-12(14)9-10-5-7-11(15-4)8-6-10/h5-8,12H,9,14H2,1-4H3. The van der Waals surface area contributed by atoms with E-state index in [0.717, 1.165) is 12.2 Å². The van der Waals surface area contributed by atoms with Crippen molar-refractivity contribution in [3.8, 4) is 5.75 Å². The molecule has 0 aliphatic heterocycles. The fourth-order valence-electron chi connectivity index (χ4n) is 1.49. The van der Waals surface area contributed by atoms with Crippen LogP contribution >= 0.6 is 11.8 Å². The maximum absolute atomic E-state index is 6.09. The van der Waals surface area contributed by atoms with Crippen LogP contribution in [0.2, 0.25) is 0 Å². The zero-order chi connectivity index (χ0) is 12.2. The molecule has 0 amide bonds. The Kier molecular flexibility index (Phi) is 4.69. The summed E-state index contributed by atoms with van der Waals surface area (Å²) >= 11 is 1.81. The SMILES string of the molecule is COc1ccc(CC(N)SC(C)(C)C)cc1. The maximum atomic E-state index is 6.09. The number of ether oxygens (including phenoxy) is 1. The molecule has 0 aliphatic carbocycles. The molecule has 0 radical (unpaired) electrons. The van der Waals surface area contributed by atoms with E-state index in [-0.39, 0.29) is 10.1 Å². The second-order valence-electron chi connectivity index (χ2n) is 4.82. The van der Waals surface area contributed by atoms with Gasteiger partial charge in [-0.25, -0.2) is 0 Å². The summed E-state index contributed by atoms with van der Waals surface area (Å²) in [5.41, 5.74) is 7.35. The minimum absolute atomic E-state index is 0.147. The highest BCUT2D eigenvalue weighted by molar-refractivity contribution is 8.01. The van der Waals surface area contributed by atoms with Crippen LogP contribution in [0.1, 0.15) is 26.3 Å². The molecule has 0 spiro atoms. The fraction of sp³-hybridized carbons (Fsp3) is 0.538. The molecule has 0 bridgehead atoms. The molecule has 1 aromatic carbocycles. The van der Waals surface area contributed by atoms with E-state index in [2.05, 4.69) is 32.9 Å². The summed E-state index contributed by atoms with van der Waals surface area (Å²) in [4.78, 5) is 0. The first-order valence-electron chi connectivity index (χ1n) is 5.47. The minimum atomic E-state index is 0.147. The molecule has 1 aromatic rings. The minimum Gasteiger partial charge on any atom is -0.497 e. The lowest BCUT2D eigenvalue weighted by molar-refractivity contribution is 0.414. The molecule has 1 rings (SSSR count). The first-order chi connectivity index (χ1) is 7.40. The molecule has 1 unspecified atom stereocenters. The molecule has 0 heterocycles. The second kappa shape index (κ2) is 5.60. The lowest BCUT2D eigenvalue weighted by atomic mass is 10.1. The number of hydrogen-bond acceptors (Lipinski definition) is 3. The number of methoxy groups -OCH3 is 1. The molecule has 2 nitrogen and oxygen atoms in total. The normalized spacial score (nSPS) is 13.6. The summed E-state index contributed by atoms with van der Waals surface area (Å²) in [6.07, 6.45) is 0.895. The molecule has 1 atom stereocenters. The van der Waals surface area contributed by atoms with Crippen molar-refractivity contribution in [3.63, 3.8) is 0 Å². The number of benzene rings is 1. The first-order valence-corrected chi connectivity index (χ1v) is 6.35. The topological polar surface area (TPSA) is 35.2 Å². The monoisotopic (exact) mass is 239 g/mol. The van der Waals surface area contributed by atoms with Gasteiger partial charge in [0.1, 0.15) is 5.75 Å². The Bertz CT molecular complexity index is 316.